The highest BCUT2D eigenvalue weighted by atomic mass is 16.5. The van der Waals surface area contributed by atoms with Gasteiger partial charge in [-0.2, -0.15) is 0 Å². The first-order valence-electron chi connectivity index (χ1n) is 9.15. The zero-order valence-electron chi connectivity index (χ0n) is 16.0. The molecular weight excluding hydrogens is 342 g/mol. The van der Waals surface area contributed by atoms with Crippen molar-refractivity contribution in [1.29, 1.82) is 0 Å². The molecule has 0 unspecified atom stereocenters. The first-order chi connectivity index (χ1) is 13.2. The zero-order valence-corrected chi connectivity index (χ0v) is 16.0. The Hall–Kier alpha value is -3.02. The van der Waals surface area contributed by atoms with Crippen molar-refractivity contribution in [3.63, 3.8) is 0 Å². The Labute approximate surface area is 159 Å². The summed E-state index contributed by atoms with van der Waals surface area (Å²) in [7, 11) is 1.62. The number of imidazole rings is 1. The van der Waals surface area contributed by atoms with Crippen LogP contribution < -0.4 is 9.47 Å². The molecule has 27 heavy (non-hydrogen) atoms. The van der Waals surface area contributed by atoms with E-state index in [-0.39, 0.29) is 19.1 Å². The van der Waals surface area contributed by atoms with Gasteiger partial charge in [-0.25, -0.2) is 4.98 Å². The molecule has 3 aromatic rings. The van der Waals surface area contributed by atoms with Crippen LogP contribution in [0, 0.1) is 0 Å². The van der Waals surface area contributed by atoms with Gasteiger partial charge >= 0.3 is 0 Å². The van der Waals surface area contributed by atoms with Gasteiger partial charge in [0.1, 0.15) is 30.5 Å². The number of nitrogens with zero attached hydrogens (tertiary/aromatic N) is 3. The van der Waals surface area contributed by atoms with Gasteiger partial charge < -0.3 is 18.9 Å². The number of fused-ring (bicyclic) bond motifs is 1. The maximum atomic E-state index is 12.6. The molecule has 0 radical (unpaired) electrons. The van der Waals surface area contributed by atoms with E-state index in [1.165, 1.54) is 0 Å². The van der Waals surface area contributed by atoms with E-state index in [0.717, 1.165) is 22.6 Å². The van der Waals surface area contributed by atoms with E-state index in [2.05, 4.69) is 4.98 Å². The standard InChI is InChI=1S/C21H25N3O3/c1-4-23(5-2)21(25)14-24-19-12-7-6-11-18(19)22-20(24)15-27-17-10-8-9-16(13-17)26-3/h6-13H,4-5,14-15H2,1-3H3. The van der Waals surface area contributed by atoms with E-state index >= 15 is 0 Å². The predicted octanol–water partition coefficient (Wildman–Crippen LogP) is 3.49. The lowest BCUT2D eigenvalue weighted by Gasteiger charge is -2.20. The third-order valence-corrected chi connectivity index (χ3v) is 4.55. The number of methoxy groups -OCH3 is 1. The number of benzene rings is 2. The van der Waals surface area contributed by atoms with Crippen molar-refractivity contribution in [2.75, 3.05) is 20.2 Å². The molecule has 0 spiro atoms. The average molecular weight is 367 g/mol. The second-order valence-corrected chi connectivity index (χ2v) is 6.14. The summed E-state index contributed by atoms with van der Waals surface area (Å²) in [6, 6.07) is 15.3. The van der Waals surface area contributed by atoms with E-state index in [1.54, 1.807) is 7.11 Å². The van der Waals surface area contributed by atoms with Crippen LogP contribution in [-0.2, 0) is 17.9 Å². The van der Waals surface area contributed by atoms with Crippen molar-refractivity contribution in [3.8, 4) is 11.5 Å². The molecule has 2 aromatic carbocycles. The van der Waals surface area contributed by atoms with E-state index in [9.17, 15) is 4.79 Å². The molecule has 142 valence electrons. The maximum Gasteiger partial charge on any atom is 0.242 e. The van der Waals surface area contributed by atoms with Gasteiger partial charge in [0.15, 0.2) is 0 Å². The first-order valence-corrected chi connectivity index (χ1v) is 9.15. The maximum absolute atomic E-state index is 12.6. The fourth-order valence-corrected chi connectivity index (χ4v) is 3.06. The molecule has 0 atom stereocenters. The minimum absolute atomic E-state index is 0.0748. The third-order valence-electron chi connectivity index (χ3n) is 4.55. The van der Waals surface area contributed by atoms with Gasteiger partial charge in [0.05, 0.1) is 18.1 Å². The summed E-state index contributed by atoms with van der Waals surface area (Å²) >= 11 is 0. The second kappa shape index (κ2) is 8.58. The molecule has 0 N–H and O–H groups in total. The first kappa shape index (κ1) is 18.8. The van der Waals surface area contributed by atoms with Crippen molar-refractivity contribution >= 4 is 16.9 Å². The highest BCUT2D eigenvalue weighted by molar-refractivity contribution is 5.81. The van der Waals surface area contributed by atoms with Gasteiger partial charge in [0.25, 0.3) is 0 Å². The fourth-order valence-electron chi connectivity index (χ4n) is 3.06. The number of carbonyl (C=O) groups is 1. The Morgan fingerprint density at radius 1 is 1.07 bits per heavy atom. The molecule has 0 saturated carbocycles. The van der Waals surface area contributed by atoms with Crippen LogP contribution in [0.2, 0.25) is 0 Å². The minimum atomic E-state index is 0.0748. The van der Waals surface area contributed by atoms with Crippen molar-refractivity contribution in [2.24, 2.45) is 0 Å². The summed E-state index contributed by atoms with van der Waals surface area (Å²) in [6.45, 7) is 5.88. The van der Waals surface area contributed by atoms with Crippen molar-refractivity contribution in [1.82, 2.24) is 14.5 Å². The van der Waals surface area contributed by atoms with Gasteiger partial charge in [-0.05, 0) is 38.1 Å². The van der Waals surface area contributed by atoms with Gasteiger partial charge in [-0.3, -0.25) is 4.79 Å². The highest BCUT2D eigenvalue weighted by Crippen LogP contribution is 2.22. The van der Waals surface area contributed by atoms with E-state index in [0.29, 0.717) is 18.8 Å². The molecule has 0 aliphatic rings. The largest absolute Gasteiger partial charge is 0.497 e. The lowest BCUT2D eigenvalue weighted by molar-refractivity contribution is -0.131. The Morgan fingerprint density at radius 2 is 1.81 bits per heavy atom. The third kappa shape index (κ3) is 4.22. The molecule has 1 heterocycles. The Bertz CT molecular complexity index is 916. The van der Waals surface area contributed by atoms with E-state index in [4.69, 9.17) is 9.47 Å². The quantitative estimate of drug-likeness (QED) is 0.611. The summed E-state index contributed by atoms with van der Waals surface area (Å²) < 4.78 is 13.1. The Balaban J connectivity index is 1.86. The number of rotatable bonds is 8. The number of aromatic nitrogens is 2. The summed E-state index contributed by atoms with van der Waals surface area (Å²) in [4.78, 5) is 19.1. The number of amides is 1. The molecule has 1 amide bonds. The Kier molecular flexibility index (Phi) is 5.96. The van der Waals surface area contributed by atoms with E-state index in [1.807, 2.05) is 71.8 Å². The predicted molar refractivity (Wildman–Crippen MR) is 105 cm³/mol. The van der Waals surface area contributed by atoms with Crippen LogP contribution in [0.4, 0.5) is 0 Å². The molecule has 0 aliphatic carbocycles. The smallest absolute Gasteiger partial charge is 0.242 e. The van der Waals surface area contributed by atoms with Crippen LogP contribution in [-0.4, -0.2) is 40.6 Å². The summed E-state index contributed by atoms with van der Waals surface area (Å²) in [5.41, 5.74) is 1.79. The highest BCUT2D eigenvalue weighted by Gasteiger charge is 2.17. The van der Waals surface area contributed by atoms with Gasteiger partial charge in [-0.15, -0.1) is 0 Å². The number of ether oxygens (including phenoxy) is 2. The summed E-state index contributed by atoms with van der Waals surface area (Å²) in [5, 5.41) is 0. The lowest BCUT2D eigenvalue weighted by atomic mass is 10.3. The van der Waals surface area contributed by atoms with Crippen LogP contribution in [0.5, 0.6) is 11.5 Å². The summed E-state index contributed by atoms with van der Waals surface area (Å²) in [6.07, 6.45) is 0. The molecule has 0 fully saturated rings. The van der Waals surface area contributed by atoms with Crippen LogP contribution in [0.25, 0.3) is 11.0 Å². The zero-order chi connectivity index (χ0) is 19.2. The molecule has 0 saturated heterocycles. The van der Waals surface area contributed by atoms with Crippen LogP contribution in [0.1, 0.15) is 19.7 Å². The van der Waals surface area contributed by atoms with Crippen molar-refractivity contribution in [3.05, 3.63) is 54.4 Å². The van der Waals surface area contributed by atoms with Crippen LogP contribution >= 0.6 is 0 Å². The van der Waals surface area contributed by atoms with Gasteiger partial charge in [0.2, 0.25) is 5.91 Å². The molecule has 6 heteroatoms. The average Bonchev–Trinajstić information content (AvgIpc) is 3.05. The van der Waals surface area contributed by atoms with Crippen LogP contribution in [0.3, 0.4) is 0 Å². The molecule has 3 rings (SSSR count). The van der Waals surface area contributed by atoms with E-state index < -0.39 is 0 Å². The number of likely N-dealkylation sites (N-methyl/N-ethyl adjacent to an activating group) is 1. The number of hydrogen-bond acceptors (Lipinski definition) is 4. The molecular formula is C21H25N3O3. The number of para-hydroxylation sites is 2. The number of carbonyl (C=O) groups excluding carboxylic acids is 1. The lowest BCUT2D eigenvalue weighted by Crippen LogP contribution is -2.33. The Morgan fingerprint density at radius 3 is 2.56 bits per heavy atom. The normalized spacial score (nSPS) is 10.8. The number of hydrogen-bond donors (Lipinski definition) is 0. The van der Waals surface area contributed by atoms with Crippen molar-refractivity contribution < 1.29 is 14.3 Å². The fraction of sp³-hybridized carbons (Fsp3) is 0.333. The monoisotopic (exact) mass is 367 g/mol. The molecule has 6 nitrogen and oxygen atoms in total. The van der Waals surface area contributed by atoms with Crippen LogP contribution in [0.15, 0.2) is 48.5 Å². The van der Waals surface area contributed by atoms with Gasteiger partial charge in [-0.1, -0.05) is 18.2 Å². The van der Waals surface area contributed by atoms with Gasteiger partial charge in [0, 0.05) is 19.2 Å². The molecule has 0 bridgehead atoms. The summed E-state index contributed by atoms with van der Waals surface area (Å²) in [5.74, 6) is 2.23. The minimum Gasteiger partial charge on any atom is -0.497 e. The molecule has 0 aliphatic heterocycles. The topological polar surface area (TPSA) is 56.6 Å². The molecule has 1 aromatic heterocycles. The SMILES string of the molecule is CCN(CC)C(=O)Cn1c(COc2cccc(OC)c2)nc2ccccc21. The second-order valence-electron chi connectivity index (χ2n) is 6.14. The van der Waals surface area contributed by atoms with Crippen molar-refractivity contribution in [2.45, 2.75) is 27.0 Å².